The van der Waals surface area contributed by atoms with Gasteiger partial charge in [0, 0.05) is 11.0 Å². The van der Waals surface area contributed by atoms with Crippen molar-refractivity contribution in [2.45, 2.75) is 57.2 Å². The molecule has 0 aliphatic heterocycles. The number of benzene rings is 1. The molecule has 1 fully saturated rings. The first-order chi connectivity index (χ1) is 18.2. The summed E-state index contributed by atoms with van der Waals surface area (Å²) in [6.07, 6.45) is -0.0550. The van der Waals surface area contributed by atoms with Gasteiger partial charge in [0.1, 0.15) is 18.1 Å². The Morgan fingerprint density at radius 3 is 2.71 bits per heavy atom. The molecule has 204 valence electrons. The normalized spacial score (nSPS) is 18.1. The van der Waals surface area contributed by atoms with Crippen LogP contribution in [0.1, 0.15) is 32.9 Å². The number of fused-ring (bicyclic) bond motifs is 1. The van der Waals surface area contributed by atoms with Gasteiger partial charge < -0.3 is 24.8 Å². The first kappa shape index (κ1) is 27.6. The molecule has 0 bridgehead atoms. The predicted molar refractivity (Wildman–Crippen MR) is 137 cm³/mol. The number of ether oxygens (including phenoxy) is 2. The van der Waals surface area contributed by atoms with Crippen molar-refractivity contribution in [3.8, 4) is 11.6 Å². The molecule has 1 aromatic carbocycles. The molecule has 38 heavy (non-hydrogen) atoms. The molecule has 4 N–H and O–H groups in total. The number of nitrogens with one attached hydrogen (secondary N) is 1. The zero-order valence-corrected chi connectivity index (χ0v) is 22.0. The third-order valence-electron chi connectivity index (χ3n) is 5.77. The molecule has 3 aromatic rings. The Bertz CT molecular complexity index is 1330. The zero-order valence-electron chi connectivity index (χ0n) is 21.1. The monoisotopic (exact) mass is 547 g/mol. The van der Waals surface area contributed by atoms with E-state index < -0.39 is 32.2 Å². The SMILES string of the molecule is COc1nc(N)nc2c1ncn2C(C)O[C@@H](COP(=O)(NC1CC1)Oc1ccccc1)[C@@H](O)C(C)N=[N+]=[N-]. The number of aromatic nitrogens is 4. The Kier molecular flexibility index (Phi) is 8.67. The van der Waals surface area contributed by atoms with Gasteiger partial charge in [-0.2, -0.15) is 9.97 Å². The van der Waals surface area contributed by atoms with Crippen LogP contribution in [0.3, 0.4) is 0 Å². The smallest absolute Gasteiger partial charge is 0.459 e. The van der Waals surface area contributed by atoms with Gasteiger partial charge in [-0.05, 0) is 37.4 Å². The van der Waals surface area contributed by atoms with Crippen molar-refractivity contribution in [2.24, 2.45) is 5.11 Å². The Morgan fingerprint density at radius 1 is 1.32 bits per heavy atom. The van der Waals surface area contributed by atoms with Crippen molar-refractivity contribution in [3.63, 3.8) is 0 Å². The van der Waals surface area contributed by atoms with Gasteiger partial charge in [-0.3, -0.25) is 9.09 Å². The van der Waals surface area contributed by atoms with Crippen LogP contribution in [0.2, 0.25) is 0 Å². The summed E-state index contributed by atoms with van der Waals surface area (Å²) in [5, 5.41) is 17.5. The number of aliphatic hydroxyl groups excluding tert-OH is 1. The lowest BCUT2D eigenvalue weighted by Gasteiger charge is -2.30. The second-order valence-corrected chi connectivity index (χ2v) is 10.4. The van der Waals surface area contributed by atoms with Crippen LogP contribution in [0, 0.1) is 0 Å². The van der Waals surface area contributed by atoms with Crippen molar-refractivity contribution in [2.75, 3.05) is 19.5 Å². The first-order valence-corrected chi connectivity index (χ1v) is 13.5. The van der Waals surface area contributed by atoms with Gasteiger partial charge in [-0.1, -0.05) is 30.2 Å². The Morgan fingerprint density at radius 2 is 2.05 bits per heavy atom. The van der Waals surface area contributed by atoms with Crippen LogP contribution in [0.4, 0.5) is 5.95 Å². The molecule has 3 unspecified atom stereocenters. The van der Waals surface area contributed by atoms with Crippen molar-refractivity contribution < 1.29 is 28.2 Å². The molecule has 1 aliphatic rings. The number of hydrogen-bond donors (Lipinski definition) is 3. The van der Waals surface area contributed by atoms with Crippen LogP contribution in [0.15, 0.2) is 41.8 Å². The van der Waals surface area contributed by atoms with Gasteiger partial charge in [0.2, 0.25) is 11.8 Å². The van der Waals surface area contributed by atoms with E-state index in [4.69, 9.17) is 29.8 Å². The van der Waals surface area contributed by atoms with E-state index >= 15 is 0 Å². The standard InChI is InChI=1S/C22H30N9O6P/c1-13(28-30-24)19(32)17(11-35-38(33,29-15-9-10-15)37-16-7-5-4-6-8-16)36-14(2)31-12-25-18-20(31)26-22(23)27-21(18)34-3/h4-8,12-15,17,19,32H,9-11H2,1-3H3,(H,29,33)(H2,23,26,27)/t13?,14?,17-,19-,38?/m0/s1. The van der Waals surface area contributed by atoms with E-state index in [9.17, 15) is 9.67 Å². The topological polar surface area (TPSA) is 205 Å². The van der Waals surface area contributed by atoms with Gasteiger partial charge in [-0.25, -0.2) is 14.6 Å². The second-order valence-electron chi connectivity index (χ2n) is 8.73. The number of imidazole rings is 1. The number of hydrogen-bond acceptors (Lipinski definition) is 11. The van der Waals surface area contributed by atoms with Crippen LogP contribution < -0.4 is 20.1 Å². The first-order valence-electron chi connectivity index (χ1n) is 11.9. The second kappa shape index (κ2) is 11.9. The Hall–Kier alpha value is -3.45. The fourth-order valence-electron chi connectivity index (χ4n) is 3.63. The maximum atomic E-state index is 13.6. The van der Waals surface area contributed by atoms with Gasteiger partial charge in [-0.15, -0.1) is 0 Å². The number of nitrogen functional groups attached to an aromatic ring is 1. The van der Waals surface area contributed by atoms with Crippen LogP contribution >= 0.6 is 7.75 Å². The minimum Gasteiger partial charge on any atom is -0.479 e. The average molecular weight is 548 g/mol. The molecule has 4 rings (SSSR count). The highest BCUT2D eigenvalue weighted by Crippen LogP contribution is 2.47. The van der Waals surface area contributed by atoms with Gasteiger partial charge >= 0.3 is 7.75 Å². The molecule has 0 saturated heterocycles. The van der Waals surface area contributed by atoms with Crippen LogP contribution in [-0.4, -0.2) is 62.6 Å². The summed E-state index contributed by atoms with van der Waals surface area (Å²) >= 11 is 0. The van der Waals surface area contributed by atoms with Crippen LogP contribution in [0.25, 0.3) is 21.6 Å². The third kappa shape index (κ3) is 6.70. The highest BCUT2D eigenvalue weighted by atomic mass is 31.2. The average Bonchev–Trinajstić information content (AvgIpc) is 3.60. The Labute approximate surface area is 218 Å². The molecule has 15 nitrogen and oxygen atoms in total. The van der Waals surface area contributed by atoms with Crippen molar-refractivity contribution in [1.82, 2.24) is 24.6 Å². The number of nitrogens with two attached hydrogens (primary N) is 1. The molecule has 2 heterocycles. The predicted octanol–water partition coefficient (Wildman–Crippen LogP) is 3.34. The molecule has 0 spiro atoms. The quantitative estimate of drug-likeness (QED) is 0.115. The maximum absolute atomic E-state index is 13.6. The van der Waals surface area contributed by atoms with E-state index in [0.29, 0.717) is 16.9 Å². The Balaban J connectivity index is 1.57. The molecule has 0 radical (unpaired) electrons. The van der Waals surface area contributed by atoms with Crippen molar-refractivity contribution in [3.05, 3.63) is 47.1 Å². The van der Waals surface area contributed by atoms with E-state index in [-0.39, 0.29) is 24.5 Å². The van der Waals surface area contributed by atoms with Crippen molar-refractivity contribution in [1.29, 1.82) is 0 Å². The lowest BCUT2D eigenvalue weighted by atomic mass is 10.1. The number of rotatable bonds is 14. The van der Waals surface area contributed by atoms with Gasteiger partial charge in [0.05, 0.1) is 32.2 Å². The summed E-state index contributed by atoms with van der Waals surface area (Å²) < 4.78 is 38.0. The maximum Gasteiger partial charge on any atom is 0.459 e. The number of anilines is 1. The number of nitrogens with zero attached hydrogens (tertiary/aromatic N) is 7. The zero-order chi connectivity index (χ0) is 27.3. The fourth-order valence-corrected chi connectivity index (χ4v) is 5.26. The summed E-state index contributed by atoms with van der Waals surface area (Å²) in [6.45, 7) is 2.86. The summed E-state index contributed by atoms with van der Waals surface area (Å²) in [6, 6.07) is 7.72. The summed E-state index contributed by atoms with van der Waals surface area (Å²) in [5.41, 5.74) is 15.4. The van der Waals surface area contributed by atoms with Gasteiger partial charge in [0.25, 0.3) is 0 Å². The minimum atomic E-state index is -3.85. The third-order valence-corrected chi connectivity index (χ3v) is 7.39. The molecular formula is C22H30N9O6P. The number of azide groups is 1. The molecule has 1 saturated carbocycles. The molecular weight excluding hydrogens is 517 g/mol. The molecule has 2 aromatic heterocycles. The van der Waals surface area contributed by atoms with Gasteiger partial charge in [0.15, 0.2) is 11.2 Å². The van der Waals surface area contributed by atoms with E-state index in [1.54, 1.807) is 41.8 Å². The number of aliphatic hydroxyl groups is 1. The number of methoxy groups -OCH3 is 1. The molecule has 5 atom stereocenters. The van der Waals surface area contributed by atoms with Crippen LogP contribution in [-0.2, 0) is 13.8 Å². The number of para-hydroxylation sites is 1. The summed E-state index contributed by atoms with van der Waals surface area (Å²) in [7, 11) is -2.41. The van der Waals surface area contributed by atoms with E-state index in [0.717, 1.165) is 12.8 Å². The van der Waals surface area contributed by atoms with Crippen LogP contribution in [0.5, 0.6) is 11.6 Å². The van der Waals surface area contributed by atoms with E-state index in [2.05, 4.69) is 30.1 Å². The van der Waals surface area contributed by atoms with E-state index in [1.165, 1.54) is 20.4 Å². The lowest BCUT2D eigenvalue weighted by Crippen LogP contribution is -2.41. The largest absolute Gasteiger partial charge is 0.479 e. The minimum absolute atomic E-state index is 0.00712. The van der Waals surface area contributed by atoms with E-state index in [1.807, 2.05) is 0 Å². The molecule has 1 aliphatic carbocycles. The summed E-state index contributed by atoms with van der Waals surface area (Å²) in [5.74, 6) is 0.528. The highest BCUT2D eigenvalue weighted by molar-refractivity contribution is 7.52. The molecule has 16 heteroatoms. The lowest BCUT2D eigenvalue weighted by molar-refractivity contribution is -0.116. The van der Waals surface area contributed by atoms with Crippen molar-refractivity contribution >= 4 is 24.9 Å². The summed E-state index contributed by atoms with van der Waals surface area (Å²) in [4.78, 5) is 15.3. The molecule has 0 amide bonds. The fraction of sp³-hybridized carbons (Fsp3) is 0.500. The highest BCUT2D eigenvalue weighted by Gasteiger charge is 2.38.